The summed E-state index contributed by atoms with van der Waals surface area (Å²) in [6.07, 6.45) is 1.64. The van der Waals surface area contributed by atoms with Gasteiger partial charge < -0.3 is 5.11 Å². The minimum atomic E-state index is -3.41. The zero-order valence-corrected chi connectivity index (χ0v) is 15.2. The van der Waals surface area contributed by atoms with Gasteiger partial charge in [0.2, 0.25) is 0 Å². The van der Waals surface area contributed by atoms with Crippen LogP contribution in [0.5, 0.6) is 0 Å². The first-order valence-electron chi connectivity index (χ1n) is 8.56. The highest BCUT2D eigenvalue weighted by molar-refractivity contribution is 7.86. The Hall–Kier alpha value is -0.990. The standard InChI is InChI=1S/C17H27N3O3S/c1-18(2)24(22,23)20-11-8-16(17(21)9-12-20)19-10-7-14-5-3-4-6-15(14)13-19/h3-6,16-17,21H,7-13H2,1-2H3/t16-,17-/m0/s1. The maximum absolute atomic E-state index is 12.3. The van der Waals surface area contributed by atoms with E-state index in [4.69, 9.17) is 0 Å². The maximum atomic E-state index is 12.3. The molecule has 0 bridgehead atoms. The van der Waals surface area contributed by atoms with Crippen molar-refractivity contribution in [1.29, 1.82) is 0 Å². The van der Waals surface area contributed by atoms with Crippen molar-refractivity contribution in [3.8, 4) is 0 Å². The summed E-state index contributed by atoms with van der Waals surface area (Å²) < 4.78 is 27.4. The van der Waals surface area contributed by atoms with Crippen LogP contribution in [0.3, 0.4) is 0 Å². The van der Waals surface area contributed by atoms with E-state index in [1.54, 1.807) is 14.1 Å². The number of aliphatic hydroxyl groups excluding tert-OH is 1. The van der Waals surface area contributed by atoms with E-state index < -0.39 is 16.3 Å². The topological polar surface area (TPSA) is 64.1 Å². The molecule has 0 aliphatic carbocycles. The average Bonchev–Trinajstić information content (AvgIpc) is 2.76. The molecule has 134 valence electrons. The Labute approximate surface area is 144 Å². The van der Waals surface area contributed by atoms with Crippen molar-refractivity contribution in [3.63, 3.8) is 0 Å². The molecule has 1 aromatic carbocycles. The highest BCUT2D eigenvalue weighted by Gasteiger charge is 2.35. The summed E-state index contributed by atoms with van der Waals surface area (Å²) in [6.45, 7) is 2.58. The molecule has 2 atom stereocenters. The fourth-order valence-corrected chi connectivity index (χ4v) is 4.87. The number of hydrogen-bond acceptors (Lipinski definition) is 4. The van der Waals surface area contributed by atoms with Crippen LogP contribution in [0.4, 0.5) is 0 Å². The van der Waals surface area contributed by atoms with Crippen molar-refractivity contribution in [3.05, 3.63) is 35.4 Å². The van der Waals surface area contributed by atoms with Crippen molar-refractivity contribution >= 4 is 10.2 Å². The van der Waals surface area contributed by atoms with Crippen LogP contribution in [0.1, 0.15) is 24.0 Å². The zero-order valence-electron chi connectivity index (χ0n) is 14.4. The first-order valence-corrected chi connectivity index (χ1v) is 9.96. The van der Waals surface area contributed by atoms with Crippen LogP contribution < -0.4 is 0 Å². The summed E-state index contributed by atoms with van der Waals surface area (Å²) in [5.41, 5.74) is 2.70. The molecular weight excluding hydrogens is 326 g/mol. The lowest BCUT2D eigenvalue weighted by Crippen LogP contribution is -2.46. The molecule has 0 aromatic heterocycles. The van der Waals surface area contributed by atoms with Crippen LogP contribution in [0.15, 0.2) is 24.3 Å². The second-order valence-electron chi connectivity index (χ2n) is 6.89. The van der Waals surface area contributed by atoms with Crippen molar-refractivity contribution in [2.75, 3.05) is 33.7 Å². The SMILES string of the molecule is CN(C)S(=O)(=O)N1CC[C@H](O)[C@@H](N2CCc3ccccc3C2)CC1. The number of aliphatic hydroxyl groups is 1. The fourth-order valence-electron chi connectivity index (χ4n) is 3.74. The molecule has 3 rings (SSSR count). The van der Waals surface area contributed by atoms with Crippen LogP contribution in [-0.2, 0) is 23.2 Å². The quantitative estimate of drug-likeness (QED) is 0.868. The molecule has 6 nitrogen and oxygen atoms in total. The van der Waals surface area contributed by atoms with E-state index >= 15 is 0 Å². The molecule has 0 radical (unpaired) electrons. The highest BCUT2D eigenvalue weighted by Crippen LogP contribution is 2.26. The lowest BCUT2D eigenvalue weighted by atomic mass is 9.96. The first-order chi connectivity index (χ1) is 11.4. The average molecular weight is 353 g/mol. The van der Waals surface area contributed by atoms with E-state index in [0.717, 1.165) is 19.5 Å². The molecule has 1 N–H and O–H groups in total. The minimum absolute atomic E-state index is 0.0146. The molecule has 7 heteroatoms. The Morgan fingerprint density at radius 2 is 1.75 bits per heavy atom. The molecule has 1 saturated heterocycles. The molecular formula is C17H27N3O3S. The fraction of sp³-hybridized carbons (Fsp3) is 0.647. The molecule has 0 saturated carbocycles. The molecule has 1 fully saturated rings. The van der Waals surface area contributed by atoms with Crippen LogP contribution in [0, 0.1) is 0 Å². The van der Waals surface area contributed by atoms with Crippen molar-refractivity contribution < 1.29 is 13.5 Å². The highest BCUT2D eigenvalue weighted by atomic mass is 32.2. The van der Waals surface area contributed by atoms with Gasteiger partial charge in [-0.25, -0.2) is 0 Å². The number of hydrogen-bond donors (Lipinski definition) is 1. The van der Waals surface area contributed by atoms with E-state index in [1.807, 2.05) is 0 Å². The molecule has 24 heavy (non-hydrogen) atoms. The van der Waals surface area contributed by atoms with E-state index in [-0.39, 0.29) is 6.04 Å². The van der Waals surface area contributed by atoms with Gasteiger partial charge in [0, 0.05) is 46.3 Å². The number of benzene rings is 1. The van der Waals surface area contributed by atoms with Gasteiger partial charge in [0.25, 0.3) is 10.2 Å². The van der Waals surface area contributed by atoms with Gasteiger partial charge in [-0.1, -0.05) is 24.3 Å². The second-order valence-corrected chi connectivity index (χ2v) is 9.03. The van der Waals surface area contributed by atoms with Crippen molar-refractivity contribution in [2.24, 2.45) is 0 Å². The lowest BCUT2D eigenvalue weighted by molar-refractivity contribution is 0.0394. The molecule has 2 aliphatic heterocycles. The van der Waals surface area contributed by atoms with Gasteiger partial charge in [-0.2, -0.15) is 17.0 Å². The van der Waals surface area contributed by atoms with E-state index in [9.17, 15) is 13.5 Å². The third-order valence-corrected chi connectivity index (χ3v) is 7.15. The van der Waals surface area contributed by atoms with E-state index in [2.05, 4.69) is 29.2 Å². The lowest BCUT2D eigenvalue weighted by Gasteiger charge is -2.37. The minimum Gasteiger partial charge on any atom is -0.391 e. The Morgan fingerprint density at radius 3 is 2.46 bits per heavy atom. The third-order valence-electron chi connectivity index (χ3n) is 5.21. The van der Waals surface area contributed by atoms with Gasteiger partial charge in [0.1, 0.15) is 0 Å². The number of fused-ring (bicyclic) bond motifs is 1. The summed E-state index contributed by atoms with van der Waals surface area (Å²) in [6, 6.07) is 8.45. The maximum Gasteiger partial charge on any atom is 0.281 e. The largest absolute Gasteiger partial charge is 0.391 e. The van der Waals surface area contributed by atoms with E-state index in [1.165, 1.54) is 19.7 Å². The first kappa shape index (κ1) is 17.8. The van der Waals surface area contributed by atoms with Gasteiger partial charge in [-0.05, 0) is 30.4 Å². The van der Waals surface area contributed by atoms with Gasteiger partial charge in [0.15, 0.2) is 0 Å². The molecule has 0 unspecified atom stereocenters. The Bertz CT molecular complexity index is 677. The number of rotatable bonds is 3. The monoisotopic (exact) mass is 353 g/mol. The summed E-state index contributed by atoms with van der Waals surface area (Å²) >= 11 is 0. The van der Waals surface area contributed by atoms with Gasteiger partial charge in [-0.15, -0.1) is 0 Å². The smallest absolute Gasteiger partial charge is 0.281 e. The molecule has 2 heterocycles. The summed E-state index contributed by atoms with van der Waals surface area (Å²) in [4.78, 5) is 2.32. The zero-order chi connectivity index (χ0) is 17.3. The third kappa shape index (κ3) is 3.50. The van der Waals surface area contributed by atoms with Gasteiger partial charge >= 0.3 is 0 Å². The summed E-state index contributed by atoms with van der Waals surface area (Å²) in [5.74, 6) is 0. The summed E-state index contributed by atoms with van der Waals surface area (Å²) in [5, 5.41) is 10.6. The molecule has 1 aromatic rings. The predicted molar refractivity (Wildman–Crippen MR) is 93.8 cm³/mol. The normalized spacial score (nSPS) is 27.0. The van der Waals surface area contributed by atoms with Crippen LogP contribution in [0.2, 0.25) is 0 Å². The van der Waals surface area contributed by atoms with Crippen LogP contribution >= 0.6 is 0 Å². The predicted octanol–water partition coefficient (Wildman–Crippen LogP) is 0.676. The van der Waals surface area contributed by atoms with E-state index in [0.29, 0.717) is 25.9 Å². The number of nitrogens with zero attached hydrogens (tertiary/aromatic N) is 3. The Kier molecular flexibility index (Phi) is 5.27. The van der Waals surface area contributed by atoms with Crippen molar-refractivity contribution in [2.45, 2.75) is 38.0 Å². The molecule has 0 spiro atoms. The van der Waals surface area contributed by atoms with Crippen LogP contribution in [-0.4, -0.2) is 72.9 Å². The van der Waals surface area contributed by atoms with Crippen LogP contribution in [0.25, 0.3) is 0 Å². The molecule has 0 amide bonds. The van der Waals surface area contributed by atoms with Gasteiger partial charge in [-0.3, -0.25) is 4.90 Å². The van der Waals surface area contributed by atoms with Crippen molar-refractivity contribution in [1.82, 2.24) is 13.5 Å². The second kappa shape index (κ2) is 7.09. The van der Waals surface area contributed by atoms with Gasteiger partial charge in [0.05, 0.1) is 6.10 Å². The summed E-state index contributed by atoms with van der Waals surface area (Å²) in [7, 11) is -0.310. The Balaban J connectivity index is 1.72. The Morgan fingerprint density at radius 1 is 1.08 bits per heavy atom. The molecule has 2 aliphatic rings.